The third-order valence-electron chi connectivity index (χ3n) is 3.02. The largest absolute Gasteiger partial charge is 0.573 e. The molecular weight excluding hydrogens is 428 g/mol. The predicted octanol–water partition coefficient (Wildman–Crippen LogP) is 5.07. The number of hydrogen-bond donors (Lipinski definition) is 0. The Kier molecular flexibility index (Phi) is 5.96. The fraction of sp³-hybridized carbons (Fsp3) is 0.188. The van der Waals surface area contributed by atoms with Crippen molar-refractivity contribution in [3.63, 3.8) is 0 Å². The highest BCUT2D eigenvalue weighted by Gasteiger charge is 2.35. The van der Waals surface area contributed by atoms with Crippen LogP contribution in [0.3, 0.4) is 0 Å². The highest BCUT2D eigenvalue weighted by atomic mass is 79.9. The summed E-state index contributed by atoms with van der Waals surface area (Å²) in [4.78, 5) is 11.4. The van der Waals surface area contributed by atoms with Crippen molar-refractivity contribution in [3.05, 3.63) is 46.2 Å². The molecule has 0 aliphatic heterocycles. The van der Waals surface area contributed by atoms with Crippen molar-refractivity contribution < 1.29 is 41.3 Å². The number of ether oxygens (including phenoxy) is 4. The van der Waals surface area contributed by atoms with Crippen molar-refractivity contribution in [2.24, 2.45) is 0 Å². The van der Waals surface area contributed by atoms with Gasteiger partial charge < -0.3 is 18.9 Å². The number of carbonyl (C=O) groups excluding carboxylic acids is 1. The van der Waals surface area contributed by atoms with Crippen LogP contribution in [0.4, 0.5) is 17.6 Å². The van der Waals surface area contributed by atoms with E-state index in [0.29, 0.717) is 0 Å². The molecule has 0 saturated carbocycles. The minimum Gasteiger partial charge on any atom is -0.490 e. The molecule has 0 heterocycles. The van der Waals surface area contributed by atoms with Gasteiger partial charge in [-0.1, -0.05) is 0 Å². The summed E-state index contributed by atoms with van der Waals surface area (Å²) in [6.45, 7) is 0. The van der Waals surface area contributed by atoms with Crippen LogP contribution in [0.1, 0.15) is 10.4 Å². The maximum Gasteiger partial charge on any atom is 0.573 e. The zero-order chi connectivity index (χ0) is 19.5. The Bertz CT molecular complexity index is 806. The Balaban J connectivity index is 2.36. The van der Waals surface area contributed by atoms with Gasteiger partial charge in [0.1, 0.15) is 5.75 Å². The summed E-state index contributed by atoms with van der Waals surface area (Å²) in [6.07, 6.45) is -5.08. The molecule has 0 bridgehead atoms. The van der Waals surface area contributed by atoms with Crippen LogP contribution in [-0.2, 0) is 4.74 Å². The number of hydrogen-bond acceptors (Lipinski definition) is 5. The molecule has 0 aromatic heterocycles. The van der Waals surface area contributed by atoms with E-state index in [1.54, 1.807) is 0 Å². The monoisotopic (exact) mass is 438 g/mol. The van der Waals surface area contributed by atoms with E-state index in [-0.39, 0.29) is 21.5 Å². The number of methoxy groups -OCH3 is 2. The minimum atomic E-state index is -5.08. The number of rotatable bonds is 5. The van der Waals surface area contributed by atoms with Gasteiger partial charge in [-0.25, -0.2) is 4.79 Å². The van der Waals surface area contributed by atoms with E-state index in [1.165, 1.54) is 31.4 Å². The zero-order valence-corrected chi connectivity index (χ0v) is 14.9. The van der Waals surface area contributed by atoms with E-state index in [1.807, 2.05) is 0 Å². The van der Waals surface area contributed by atoms with Gasteiger partial charge in [0.2, 0.25) is 11.6 Å². The standard InChI is InChI=1S/C16H11BrF4O5/c1-23-14-11(7-10(17)13(12(14)18)26-16(19,20)21)25-9-5-3-8(4-6-9)15(22)24-2/h3-7H,1-2H3. The maximum atomic E-state index is 14.3. The van der Waals surface area contributed by atoms with Gasteiger partial charge in [-0.2, -0.15) is 4.39 Å². The van der Waals surface area contributed by atoms with Crippen molar-refractivity contribution in [1.29, 1.82) is 0 Å². The van der Waals surface area contributed by atoms with Gasteiger partial charge in [-0.15, -0.1) is 13.2 Å². The number of carbonyl (C=O) groups is 1. The van der Waals surface area contributed by atoms with Gasteiger partial charge in [0.05, 0.1) is 24.3 Å². The Labute approximate surface area is 153 Å². The predicted molar refractivity (Wildman–Crippen MR) is 85.2 cm³/mol. The van der Waals surface area contributed by atoms with Crippen molar-refractivity contribution in [2.75, 3.05) is 14.2 Å². The Morgan fingerprint density at radius 1 is 1.08 bits per heavy atom. The topological polar surface area (TPSA) is 54.0 Å². The zero-order valence-electron chi connectivity index (χ0n) is 13.3. The smallest absolute Gasteiger partial charge is 0.490 e. The van der Waals surface area contributed by atoms with Crippen LogP contribution < -0.4 is 14.2 Å². The third-order valence-corrected chi connectivity index (χ3v) is 3.61. The second kappa shape index (κ2) is 7.81. The Morgan fingerprint density at radius 2 is 1.69 bits per heavy atom. The summed E-state index contributed by atoms with van der Waals surface area (Å²) in [5.74, 6) is -3.62. The van der Waals surface area contributed by atoms with Crippen LogP contribution in [0.15, 0.2) is 34.8 Å². The molecule has 0 amide bonds. The summed E-state index contributed by atoms with van der Waals surface area (Å²) in [6, 6.07) is 6.67. The summed E-state index contributed by atoms with van der Waals surface area (Å²) in [5, 5.41) is 0. The molecule has 0 N–H and O–H groups in total. The number of benzene rings is 2. The van der Waals surface area contributed by atoms with E-state index in [4.69, 9.17) is 9.47 Å². The van der Waals surface area contributed by atoms with Gasteiger partial charge in [-0.3, -0.25) is 0 Å². The number of esters is 1. The molecule has 2 aromatic rings. The van der Waals surface area contributed by atoms with Crippen LogP contribution >= 0.6 is 15.9 Å². The fourth-order valence-electron chi connectivity index (χ4n) is 1.94. The van der Waals surface area contributed by atoms with Crippen molar-refractivity contribution in [2.45, 2.75) is 6.36 Å². The summed E-state index contributed by atoms with van der Waals surface area (Å²) in [5.41, 5.74) is 0.258. The van der Waals surface area contributed by atoms with E-state index in [2.05, 4.69) is 25.4 Å². The first-order valence-corrected chi connectivity index (χ1v) is 7.63. The molecule has 0 atom stereocenters. The van der Waals surface area contributed by atoms with Gasteiger partial charge in [0.25, 0.3) is 0 Å². The maximum absolute atomic E-state index is 14.3. The van der Waals surface area contributed by atoms with Crippen LogP contribution in [0, 0.1) is 5.82 Å². The summed E-state index contributed by atoms with van der Waals surface area (Å²) >= 11 is 2.81. The molecular formula is C16H11BrF4O5. The lowest BCUT2D eigenvalue weighted by molar-refractivity contribution is -0.275. The van der Waals surface area contributed by atoms with Crippen molar-refractivity contribution in [1.82, 2.24) is 0 Å². The molecule has 2 aromatic carbocycles. The second-order valence-corrected chi connectivity index (χ2v) is 5.55. The lowest BCUT2D eigenvalue weighted by Gasteiger charge is -2.16. The highest BCUT2D eigenvalue weighted by molar-refractivity contribution is 9.10. The number of alkyl halides is 3. The van der Waals surface area contributed by atoms with E-state index in [9.17, 15) is 22.4 Å². The minimum absolute atomic E-state index is 0.187. The lowest BCUT2D eigenvalue weighted by atomic mass is 10.2. The van der Waals surface area contributed by atoms with E-state index >= 15 is 0 Å². The van der Waals surface area contributed by atoms with Gasteiger partial charge in [0.15, 0.2) is 11.5 Å². The van der Waals surface area contributed by atoms with Crippen LogP contribution in [-0.4, -0.2) is 26.6 Å². The Morgan fingerprint density at radius 3 is 2.19 bits per heavy atom. The molecule has 0 fully saturated rings. The first-order chi connectivity index (χ1) is 12.2. The molecule has 0 unspecified atom stereocenters. The quantitative estimate of drug-likeness (QED) is 0.481. The van der Waals surface area contributed by atoms with Gasteiger partial charge in [0, 0.05) is 6.07 Å². The van der Waals surface area contributed by atoms with Crippen LogP contribution in [0.25, 0.3) is 0 Å². The van der Waals surface area contributed by atoms with Crippen molar-refractivity contribution >= 4 is 21.9 Å². The average Bonchev–Trinajstić information content (AvgIpc) is 2.58. The Hall–Kier alpha value is -2.49. The lowest BCUT2D eigenvalue weighted by Crippen LogP contribution is -2.18. The first-order valence-electron chi connectivity index (χ1n) is 6.84. The molecule has 10 heteroatoms. The molecule has 0 saturated heterocycles. The van der Waals surface area contributed by atoms with E-state index in [0.717, 1.165) is 13.2 Å². The first kappa shape index (κ1) is 19.8. The fourth-order valence-corrected chi connectivity index (χ4v) is 2.40. The molecule has 0 aliphatic carbocycles. The average molecular weight is 439 g/mol. The molecule has 26 heavy (non-hydrogen) atoms. The SMILES string of the molecule is COC(=O)c1ccc(Oc2cc(Br)c(OC(F)(F)F)c(F)c2OC)cc1. The normalized spacial score (nSPS) is 11.0. The molecule has 5 nitrogen and oxygen atoms in total. The van der Waals surface area contributed by atoms with E-state index < -0.39 is 29.6 Å². The molecule has 0 aliphatic rings. The van der Waals surface area contributed by atoms with Crippen LogP contribution in [0.2, 0.25) is 0 Å². The summed E-state index contributed by atoms with van der Waals surface area (Å²) < 4.78 is 69.6. The van der Waals surface area contributed by atoms with Crippen molar-refractivity contribution in [3.8, 4) is 23.0 Å². The molecule has 140 valence electrons. The van der Waals surface area contributed by atoms with Crippen LogP contribution in [0.5, 0.6) is 23.0 Å². The molecule has 0 radical (unpaired) electrons. The molecule has 2 rings (SSSR count). The van der Waals surface area contributed by atoms with Gasteiger partial charge in [-0.05, 0) is 40.2 Å². The summed E-state index contributed by atoms with van der Waals surface area (Å²) in [7, 11) is 2.29. The second-order valence-electron chi connectivity index (χ2n) is 4.70. The third kappa shape index (κ3) is 4.57. The molecule has 0 spiro atoms. The number of halogens is 5. The highest BCUT2D eigenvalue weighted by Crippen LogP contribution is 2.44. The van der Waals surface area contributed by atoms with Gasteiger partial charge >= 0.3 is 12.3 Å².